The third-order valence-electron chi connectivity index (χ3n) is 3.11. The number of benzene rings is 1. The minimum Gasteiger partial charge on any atom is -0.496 e. The number of halogens is 2. The van der Waals surface area contributed by atoms with Crippen molar-refractivity contribution in [3.8, 4) is 5.75 Å². The lowest BCUT2D eigenvalue weighted by atomic mass is 10.0. The summed E-state index contributed by atoms with van der Waals surface area (Å²) < 4.78 is 21.9. The first-order chi connectivity index (χ1) is 9.60. The average molecular weight is 342 g/mol. The topological polar surface area (TPSA) is 53.1 Å². The molecule has 1 unspecified atom stereocenters. The summed E-state index contributed by atoms with van der Waals surface area (Å²) >= 11 is 3.43. The maximum Gasteiger partial charge on any atom is 0.132 e. The Bertz CT molecular complexity index is 600. The maximum absolute atomic E-state index is 14.1. The van der Waals surface area contributed by atoms with Crippen molar-refractivity contribution >= 4 is 15.9 Å². The lowest BCUT2D eigenvalue weighted by molar-refractivity contribution is 0.400. The van der Waals surface area contributed by atoms with Gasteiger partial charge in [-0.25, -0.2) is 4.39 Å². The number of aryl methyl sites for hydroxylation is 1. The second kappa shape index (κ2) is 6.37. The Balaban J connectivity index is 2.51. The fraction of sp³-hybridized carbons (Fsp3) is 0.357. The molecule has 0 radical (unpaired) electrons. The van der Waals surface area contributed by atoms with Gasteiger partial charge in [-0.05, 0) is 34.5 Å². The highest BCUT2D eigenvalue weighted by Gasteiger charge is 2.24. The molecule has 0 amide bonds. The first kappa shape index (κ1) is 15.0. The third-order valence-corrected chi connectivity index (χ3v) is 3.72. The molecular weight excluding hydrogens is 325 g/mol. The van der Waals surface area contributed by atoms with E-state index in [2.05, 4.69) is 28.0 Å². The van der Waals surface area contributed by atoms with Crippen LogP contribution in [0.1, 0.15) is 30.6 Å². The lowest BCUT2D eigenvalue weighted by Crippen LogP contribution is -2.20. The van der Waals surface area contributed by atoms with Crippen molar-refractivity contribution in [2.75, 3.05) is 7.11 Å². The summed E-state index contributed by atoms with van der Waals surface area (Å²) in [5.41, 5.74) is 7.35. The molecule has 0 aliphatic carbocycles. The van der Waals surface area contributed by atoms with Gasteiger partial charge in [-0.2, -0.15) is 5.10 Å². The first-order valence-electron chi connectivity index (χ1n) is 6.39. The van der Waals surface area contributed by atoms with Gasteiger partial charge in [0.2, 0.25) is 0 Å². The van der Waals surface area contributed by atoms with Crippen LogP contribution in [0.25, 0.3) is 0 Å². The van der Waals surface area contributed by atoms with E-state index >= 15 is 0 Å². The smallest absolute Gasteiger partial charge is 0.132 e. The van der Waals surface area contributed by atoms with E-state index in [0.717, 1.165) is 23.1 Å². The standard InChI is InChI=1S/C14H17BrFN3O/c1-3-7-19-14(9(15)8-18-19)13(17)12-10(16)5-4-6-11(12)20-2/h4-6,8,13H,3,7,17H2,1-2H3. The van der Waals surface area contributed by atoms with Gasteiger partial charge >= 0.3 is 0 Å². The van der Waals surface area contributed by atoms with E-state index < -0.39 is 6.04 Å². The van der Waals surface area contributed by atoms with E-state index in [1.54, 1.807) is 23.0 Å². The monoisotopic (exact) mass is 341 g/mol. The highest BCUT2D eigenvalue weighted by Crippen LogP contribution is 2.33. The zero-order valence-corrected chi connectivity index (χ0v) is 13.0. The molecule has 0 aliphatic heterocycles. The van der Waals surface area contributed by atoms with Crippen molar-refractivity contribution in [3.63, 3.8) is 0 Å². The Hall–Kier alpha value is -1.40. The minimum absolute atomic E-state index is 0.341. The molecule has 0 aliphatic rings. The van der Waals surface area contributed by atoms with Gasteiger partial charge < -0.3 is 10.5 Å². The van der Waals surface area contributed by atoms with E-state index in [4.69, 9.17) is 10.5 Å². The normalized spacial score (nSPS) is 12.4. The minimum atomic E-state index is -0.644. The van der Waals surface area contributed by atoms with Gasteiger partial charge in [0.25, 0.3) is 0 Å². The van der Waals surface area contributed by atoms with Gasteiger partial charge in [0.05, 0.1) is 35.1 Å². The van der Waals surface area contributed by atoms with E-state index in [-0.39, 0.29) is 5.82 Å². The number of nitrogens with two attached hydrogens (primary N) is 1. The Kier molecular flexibility index (Phi) is 4.77. The van der Waals surface area contributed by atoms with Crippen molar-refractivity contribution in [2.24, 2.45) is 5.73 Å². The third kappa shape index (κ3) is 2.71. The van der Waals surface area contributed by atoms with Gasteiger partial charge in [-0.15, -0.1) is 0 Å². The first-order valence-corrected chi connectivity index (χ1v) is 7.18. The Labute approximate surface area is 125 Å². The second-order valence-corrected chi connectivity index (χ2v) is 5.29. The van der Waals surface area contributed by atoms with Gasteiger partial charge in [-0.3, -0.25) is 4.68 Å². The molecule has 6 heteroatoms. The molecule has 0 spiro atoms. The molecule has 2 aromatic rings. The summed E-state index contributed by atoms with van der Waals surface area (Å²) in [4.78, 5) is 0. The molecule has 0 saturated heterocycles. The van der Waals surface area contributed by atoms with Crippen molar-refractivity contribution in [1.29, 1.82) is 0 Å². The summed E-state index contributed by atoms with van der Waals surface area (Å²) in [5.74, 6) is 0.0571. The van der Waals surface area contributed by atoms with Crippen LogP contribution in [0.4, 0.5) is 4.39 Å². The van der Waals surface area contributed by atoms with Crippen molar-refractivity contribution in [1.82, 2.24) is 9.78 Å². The Morgan fingerprint density at radius 3 is 2.90 bits per heavy atom. The molecule has 108 valence electrons. The fourth-order valence-electron chi connectivity index (χ4n) is 2.20. The van der Waals surface area contributed by atoms with Crippen LogP contribution in [0.3, 0.4) is 0 Å². The van der Waals surface area contributed by atoms with Gasteiger partial charge in [0.15, 0.2) is 0 Å². The summed E-state index contributed by atoms with van der Waals surface area (Å²) in [6, 6.07) is 4.04. The van der Waals surface area contributed by atoms with Crippen molar-refractivity contribution in [3.05, 3.63) is 45.9 Å². The van der Waals surface area contributed by atoms with Crippen LogP contribution in [0.2, 0.25) is 0 Å². The van der Waals surface area contributed by atoms with Crippen LogP contribution in [0.5, 0.6) is 5.75 Å². The number of aromatic nitrogens is 2. The number of hydrogen-bond donors (Lipinski definition) is 1. The maximum atomic E-state index is 14.1. The highest BCUT2D eigenvalue weighted by atomic mass is 79.9. The average Bonchev–Trinajstić information content (AvgIpc) is 2.79. The predicted molar refractivity (Wildman–Crippen MR) is 79.2 cm³/mol. The van der Waals surface area contributed by atoms with Crippen molar-refractivity contribution in [2.45, 2.75) is 25.9 Å². The number of hydrogen-bond acceptors (Lipinski definition) is 3. The largest absolute Gasteiger partial charge is 0.496 e. The van der Waals surface area contributed by atoms with Gasteiger partial charge in [0.1, 0.15) is 11.6 Å². The van der Waals surface area contributed by atoms with Crippen LogP contribution in [0, 0.1) is 5.82 Å². The molecule has 2 rings (SSSR count). The molecule has 0 fully saturated rings. The molecule has 1 aromatic carbocycles. The van der Waals surface area contributed by atoms with E-state index in [1.807, 2.05) is 0 Å². The van der Waals surface area contributed by atoms with Crippen LogP contribution in [0.15, 0.2) is 28.9 Å². The van der Waals surface area contributed by atoms with Gasteiger partial charge in [-0.1, -0.05) is 13.0 Å². The quantitative estimate of drug-likeness (QED) is 0.908. The lowest BCUT2D eigenvalue weighted by Gasteiger charge is -2.18. The zero-order valence-electron chi connectivity index (χ0n) is 11.4. The molecule has 4 nitrogen and oxygen atoms in total. The van der Waals surface area contributed by atoms with Crippen LogP contribution in [-0.4, -0.2) is 16.9 Å². The molecule has 2 N–H and O–H groups in total. The van der Waals surface area contributed by atoms with Gasteiger partial charge in [0, 0.05) is 6.54 Å². The number of methoxy groups -OCH3 is 1. The fourth-order valence-corrected chi connectivity index (χ4v) is 2.75. The Morgan fingerprint density at radius 2 is 2.25 bits per heavy atom. The summed E-state index contributed by atoms with van der Waals surface area (Å²) in [5, 5.41) is 4.26. The number of rotatable bonds is 5. The molecule has 1 heterocycles. The zero-order chi connectivity index (χ0) is 14.7. The predicted octanol–water partition coefficient (Wildman–Crippen LogP) is 3.25. The molecule has 1 aromatic heterocycles. The Morgan fingerprint density at radius 1 is 1.50 bits per heavy atom. The number of ether oxygens (including phenoxy) is 1. The number of nitrogens with zero attached hydrogens (tertiary/aromatic N) is 2. The molecule has 0 saturated carbocycles. The highest BCUT2D eigenvalue weighted by molar-refractivity contribution is 9.10. The molecule has 20 heavy (non-hydrogen) atoms. The van der Waals surface area contributed by atoms with Crippen molar-refractivity contribution < 1.29 is 9.13 Å². The summed E-state index contributed by atoms with van der Waals surface area (Å²) in [6.07, 6.45) is 2.60. The van der Waals surface area contributed by atoms with E-state index in [9.17, 15) is 4.39 Å². The van der Waals surface area contributed by atoms with Crippen LogP contribution < -0.4 is 10.5 Å². The van der Waals surface area contributed by atoms with Crippen LogP contribution >= 0.6 is 15.9 Å². The summed E-state index contributed by atoms with van der Waals surface area (Å²) in [6.45, 7) is 2.78. The molecule has 0 bridgehead atoms. The molecular formula is C14H17BrFN3O. The van der Waals surface area contributed by atoms with Crippen LogP contribution in [-0.2, 0) is 6.54 Å². The van der Waals surface area contributed by atoms with E-state index in [1.165, 1.54) is 13.2 Å². The second-order valence-electron chi connectivity index (χ2n) is 4.43. The van der Waals surface area contributed by atoms with E-state index in [0.29, 0.717) is 11.3 Å². The SMILES string of the molecule is CCCn1ncc(Br)c1C(N)c1c(F)cccc1OC. The summed E-state index contributed by atoms with van der Waals surface area (Å²) in [7, 11) is 1.50. The molecule has 1 atom stereocenters.